The zero-order chi connectivity index (χ0) is 14.0. The Labute approximate surface area is 113 Å². The van der Waals surface area contributed by atoms with E-state index >= 15 is 0 Å². The van der Waals surface area contributed by atoms with Gasteiger partial charge in [-0.05, 0) is 37.1 Å². The Bertz CT molecular complexity index is 508. The highest BCUT2D eigenvalue weighted by molar-refractivity contribution is 5.96. The molecule has 1 N–H and O–H groups in total. The molecular weight excluding hydrogens is 242 g/mol. The summed E-state index contributed by atoms with van der Waals surface area (Å²) in [5.41, 5.74) is 0.850. The van der Waals surface area contributed by atoms with E-state index in [4.69, 9.17) is 4.74 Å². The van der Waals surface area contributed by atoms with Crippen molar-refractivity contribution in [1.82, 2.24) is 0 Å². The van der Waals surface area contributed by atoms with Crippen molar-refractivity contribution in [3.8, 4) is 5.75 Å². The SMILES string of the molecule is C=C[C@](C)(O)CC(=O)N1CCc2cc(OC)ccc21. The first-order valence-electron chi connectivity index (χ1n) is 6.30. The van der Waals surface area contributed by atoms with Crippen LogP contribution in [0.5, 0.6) is 5.75 Å². The van der Waals surface area contributed by atoms with E-state index in [1.54, 1.807) is 18.9 Å². The lowest BCUT2D eigenvalue weighted by Gasteiger charge is -2.23. The number of ether oxygens (including phenoxy) is 1. The van der Waals surface area contributed by atoms with Gasteiger partial charge in [0.2, 0.25) is 5.91 Å². The summed E-state index contributed by atoms with van der Waals surface area (Å²) in [6.45, 7) is 5.78. The lowest BCUT2D eigenvalue weighted by atomic mass is 10.0. The van der Waals surface area contributed by atoms with Crippen LogP contribution in [-0.2, 0) is 11.2 Å². The number of aliphatic hydroxyl groups is 1. The van der Waals surface area contributed by atoms with Gasteiger partial charge < -0.3 is 14.7 Å². The molecule has 0 saturated heterocycles. The third-order valence-corrected chi connectivity index (χ3v) is 3.43. The topological polar surface area (TPSA) is 49.8 Å². The number of rotatable bonds is 4. The van der Waals surface area contributed by atoms with Crippen LogP contribution < -0.4 is 9.64 Å². The predicted octanol–water partition coefficient (Wildman–Crippen LogP) is 1.91. The van der Waals surface area contributed by atoms with E-state index in [-0.39, 0.29) is 12.3 Å². The molecule has 0 aliphatic carbocycles. The maximum absolute atomic E-state index is 12.2. The van der Waals surface area contributed by atoms with Crippen LogP contribution in [-0.4, -0.2) is 30.3 Å². The fourth-order valence-corrected chi connectivity index (χ4v) is 2.24. The van der Waals surface area contributed by atoms with Crippen LogP contribution in [0.25, 0.3) is 0 Å². The van der Waals surface area contributed by atoms with Crippen LogP contribution >= 0.6 is 0 Å². The van der Waals surface area contributed by atoms with Gasteiger partial charge in [-0.15, -0.1) is 6.58 Å². The summed E-state index contributed by atoms with van der Waals surface area (Å²) in [4.78, 5) is 13.9. The number of hydrogen-bond donors (Lipinski definition) is 1. The Balaban J connectivity index is 2.18. The van der Waals surface area contributed by atoms with Gasteiger partial charge in [0.25, 0.3) is 0 Å². The molecule has 4 nitrogen and oxygen atoms in total. The molecule has 1 heterocycles. The Kier molecular flexibility index (Phi) is 3.62. The highest BCUT2D eigenvalue weighted by Gasteiger charge is 2.29. The Morgan fingerprint density at radius 2 is 2.37 bits per heavy atom. The normalized spacial score (nSPS) is 16.7. The molecule has 1 atom stereocenters. The van der Waals surface area contributed by atoms with Crippen molar-refractivity contribution in [3.05, 3.63) is 36.4 Å². The van der Waals surface area contributed by atoms with Gasteiger partial charge in [0.15, 0.2) is 0 Å². The first kappa shape index (κ1) is 13.6. The summed E-state index contributed by atoms with van der Waals surface area (Å²) in [7, 11) is 1.63. The number of hydrogen-bond acceptors (Lipinski definition) is 3. The van der Waals surface area contributed by atoms with Gasteiger partial charge in [0, 0.05) is 12.2 Å². The molecule has 0 saturated carbocycles. The van der Waals surface area contributed by atoms with Crippen molar-refractivity contribution in [2.75, 3.05) is 18.6 Å². The smallest absolute Gasteiger partial charge is 0.230 e. The molecule has 1 aliphatic rings. The lowest BCUT2D eigenvalue weighted by Crippen LogP contribution is -2.35. The molecule has 2 rings (SSSR count). The second kappa shape index (κ2) is 5.05. The molecule has 0 unspecified atom stereocenters. The monoisotopic (exact) mass is 261 g/mol. The minimum absolute atomic E-state index is 0.0436. The molecule has 0 fully saturated rings. The van der Waals surface area contributed by atoms with Gasteiger partial charge in [-0.2, -0.15) is 0 Å². The number of amides is 1. The number of carbonyl (C=O) groups is 1. The second-order valence-corrected chi connectivity index (χ2v) is 5.03. The maximum Gasteiger partial charge on any atom is 0.230 e. The van der Waals surface area contributed by atoms with Crippen molar-refractivity contribution in [2.45, 2.75) is 25.4 Å². The molecule has 0 spiro atoms. The van der Waals surface area contributed by atoms with E-state index in [1.807, 2.05) is 18.2 Å². The summed E-state index contributed by atoms with van der Waals surface area (Å²) in [6, 6.07) is 5.69. The fourth-order valence-electron chi connectivity index (χ4n) is 2.24. The standard InChI is InChI=1S/C15H19NO3/c1-4-15(2,18)10-14(17)16-8-7-11-9-12(19-3)5-6-13(11)16/h4-6,9,18H,1,7-8,10H2,2-3H3/t15-/m0/s1. The number of methoxy groups -OCH3 is 1. The molecule has 102 valence electrons. The third-order valence-electron chi connectivity index (χ3n) is 3.43. The minimum atomic E-state index is -1.16. The average molecular weight is 261 g/mol. The van der Waals surface area contributed by atoms with Crippen LogP contribution in [0, 0.1) is 0 Å². The van der Waals surface area contributed by atoms with Gasteiger partial charge in [0.05, 0.1) is 19.1 Å². The van der Waals surface area contributed by atoms with Crippen LogP contribution in [0.3, 0.4) is 0 Å². The third kappa shape index (κ3) is 2.79. The van der Waals surface area contributed by atoms with Crippen LogP contribution in [0.4, 0.5) is 5.69 Å². The largest absolute Gasteiger partial charge is 0.497 e. The fraction of sp³-hybridized carbons (Fsp3) is 0.400. The summed E-state index contributed by atoms with van der Waals surface area (Å²) < 4.78 is 5.18. The molecule has 4 heteroatoms. The molecule has 1 aromatic carbocycles. The first-order chi connectivity index (χ1) is 8.96. The zero-order valence-electron chi connectivity index (χ0n) is 11.3. The average Bonchev–Trinajstić information content (AvgIpc) is 2.81. The van der Waals surface area contributed by atoms with Crippen molar-refractivity contribution >= 4 is 11.6 Å². The Hall–Kier alpha value is -1.81. The predicted molar refractivity (Wildman–Crippen MR) is 74.5 cm³/mol. The Morgan fingerprint density at radius 1 is 1.63 bits per heavy atom. The van der Waals surface area contributed by atoms with Gasteiger partial charge in [0.1, 0.15) is 5.75 Å². The summed E-state index contributed by atoms with van der Waals surface area (Å²) in [5.74, 6) is 0.708. The van der Waals surface area contributed by atoms with Gasteiger partial charge >= 0.3 is 0 Å². The Morgan fingerprint density at radius 3 is 3.00 bits per heavy atom. The van der Waals surface area contributed by atoms with E-state index in [0.717, 1.165) is 23.4 Å². The van der Waals surface area contributed by atoms with Crippen LogP contribution in [0.15, 0.2) is 30.9 Å². The van der Waals surface area contributed by atoms with Crippen molar-refractivity contribution < 1.29 is 14.6 Å². The van der Waals surface area contributed by atoms with Gasteiger partial charge in [-0.25, -0.2) is 0 Å². The number of nitrogens with zero attached hydrogens (tertiary/aromatic N) is 1. The van der Waals surface area contributed by atoms with E-state index in [1.165, 1.54) is 6.08 Å². The molecule has 1 amide bonds. The molecule has 0 aromatic heterocycles. The number of carbonyl (C=O) groups excluding carboxylic acids is 1. The zero-order valence-corrected chi connectivity index (χ0v) is 11.3. The van der Waals surface area contributed by atoms with Crippen LogP contribution in [0.2, 0.25) is 0 Å². The highest BCUT2D eigenvalue weighted by atomic mass is 16.5. The first-order valence-corrected chi connectivity index (χ1v) is 6.30. The van der Waals surface area contributed by atoms with Crippen LogP contribution in [0.1, 0.15) is 18.9 Å². The number of benzene rings is 1. The quantitative estimate of drug-likeness (QED) is 0.842. The summed E-state index contributed by atoms with van der Waals surface area (Å²) in [5, 5.41) is 9.90. The maximum atomic E-state index is 12.2. The van der Waals surface area contributed by atoms with Crippen molar-refractivity contribution in [2.24, 2.45) is 0 Å². The number of anilines is 1. The lowest BCUT2D eigenvalue weighted by molar-refractivity contribution is -0.121. The van der Waals surface area contributed by atoms with E-state index in [0.29, 0.717) is 6.54 Å². The molecule has 1 aromatic rings. The summed E-state index contributed by atoms with van der Waals surface area (Å²) >= 11 is 0. The molecule has 1 aliphatic heterocycles. The van der Waals surface area contributed by atoms with E-state index < -0.39 is 5.60 Å². The van der Waals surface area contributed by atoms with E-state index in [9.17, 15) is 9.90 Å². The molecule has 0 radical (unpaired) electrons. The number of fused-ring (bicyclic) bond motifs is 1. The molecular formula is C15H19NO3. The second-order valence-electron chi connectivity index (χ2n) is 5.03. The van der Waals surface area contributed by atoms with Crippen molar-refractivity contribution in [3.63, 3.8) is 0 Å². The van der Waals surface area contributed by atoms with Gasteiger partial charge in [-0.1, -0.05) is 6.08 Å². The summed E-state index contributed by atoms with van der Waals surface area (Å²) in [6.07, 6.45) is 2.26. The van der Waals surface area contributed by atoms with Crippen molar-refractivity contribution in [1.29, 1.82) is 0 Å². The van der Waals surface area contributed by atoms with E-state index in [2.05, 4.69) is 6.58 Å². The van der Waals surface area contributed by atoms with Gasteiger partial charge in [-0.3, -0.25) is 4.79 Å². The minimum Gasteiger partial charge on any atom is -0.497 e. The molecule has 19 heavy (non-hydrogen) atoms. The molecule has 0 bridgehead atoms. The highest BCUT2D eigenvalue weighted by Crippen LogP contribution is 2.32.